The molecule has 0 fully saturated rings. The first-order valence-corrected chi connectivity index (χ1v) is 5.49. The molecule has 0 saturated carbocycles. The smallest absolute Gasteiger partial charge is 0.336 e. The van der Waals surface area contributed by atoms with Gasteiger partial charge in [-0.3, -0.25) is 4.79 Å². The number of carbonyl (C=O) groups is 1. The number of nitrogens with two attached hydrogens (primary N) is 1. The number of benzene rings is 1. The van der Waals surface area contributed by atoms with E-state index in [-0.39, 0.29) is 13.1 Å². The summed E-state index contributed by atoms with van der Waals surface area (Å²) >= 11 is 0. The zero-order chi connectivity index (χ0) is 14.6. The Morgan fingerprint density at radius 3 is 2.32 bits per heavy atom. The van der Waals surface area contributed by atoms with Gasteiger partial charge in [0.25, 0.3) is 5.91 Å². The minimum Gasteiger partial charge on any atom is -0.336 e. The van der Waals surface area contributed by atoms with Crippen molar-refractivity contribution in [3.8, 4) is 0 Å². The van der Waals surface area contributed by atoms with Gasteiger partial charge in [-0.15, -0.1) is 0 Å². The lowest BCUT2D eigenvalue weighted by Gasteiger charge is -2.23. The predicted octanol–water partition coefficient (Wildman–Crippen LogP) is 2.00. The lowest BCUT2D eigenvalue weighted by atomic mass is 10.1. The summed E-state index contributed by atoms with van der Waals surface area (Å²) < 4.78 is 50.0. The molecule has 0 atom stereocenters. The molecule has 0 aromatic heterocycles. The standard InChI is InChI=1S/C12H14F4N2O/c1-18(11(19)12(15,16)10(13)14)7-9-5-3-2-4-8(9)6-17/h2-5,10H,6-7,17H2,1H3. The lowest BCUT2D eigenvalue weighted by molar-refractivity contribution is -0.179. The second-order valence-electron chi connectivity index (χ2n) is 4.06. The normalized spacial score (nSPS) is 11.7. The second-order valence-corrected chi connectivity index (χ2v) is 4.06. The van der Waals surface area contributed by atoms with E-state index in [0.29, 0.717) is 16.0 Å². The fourth-order valence-electron chi connectivity index (χ4n) is 1.59. The van der Waals surface area contributed by atoms with Crippen molar-refractivity contribution in [1.29, 1.82) is 0 Å². The van der Waals surface area contributed by atoms with Gasteiger partial charge >= 0.3 is 12.3 Å². The van der Waals surface area contributed by atoms with Crippen LogP contribution in [0.5, 0.6) is 0 Å². The quantitative estimate of drug-likeness (QED) is 0.837. The summed E-state index contributed by atoms with van der Waals surface area (Å²) in [5, 5.41) is 0. The molecule has 1 amide bonds. The molecular formula is C12H14F4N2O. The first kappa shape index (κ1) is 15.4. The fraction of sp³-hybridized carbons (Fsp3) is 0.417. The Kier molecular flexibility index (Phi) is 4.88. The van der Waals surface area contributed by atoms with Crippen molar-refractivity contribution in [2.45, 2.75) is 25.4 Å². The Morgan fingerprint density at radius 1 is 1.32 bits per heavy atom. The number of halogens is 4. The highest BCUT2D eigenvalue weighted by atomic mass is 19.3. The molecule has 3 nitrogen and oxygen atoms in total. The summed E-state index contributed by atoms with van der Waals surface area (Å²) in [5.74, 6) is -6.58. The maximum Gasteiger partial charge on any atom is 0.383 e. The van der Waals surface area contributed by atoms with Crippen molar-refractivity contribution in [2.24, 2.45) is 5.73 Å². The van der Waals surface area contributed by atoms with Crippen LogP contribution in [-0.2, 0) is 17.9 Å². The Hall–Kier alpha value is -1.63. The zero-order valence-electron chi connectivity index (χ0n) is 10.2. The maximum absolute atomic E-state index is 12.9. The molecule has 1 aromatic carbocycles. The summed E-state index contributed by atoms with van der Waals surface area (Å²) in [6.45, 7) is -0.0298. The number of nitrogens with zero attached hydrogens (tertiary/aromatic N) is 1. The molecule has 2 N–H and O–H groups in total. The highest BCUT2D eigenvalue weighted by Gasteiger charge is 2.50. The van der Waals surface area contributed by atoms with Crippen molar-refractivity contribution in [1.82, 2.24) is 4.90 Å². The Morgan fingerprint density at radius 2 is 1.84 bits per heavy atom. The van der Waals surface area contributed by atoms with E-state index in [1.807, 2.05) is 0 Å². The van der Waals surface area contributed by atoms with Gasteiger partial charge in [-0.2, -0.15) is 8.78 Å². The fourth-order valence-corrected chi connectivity index (χ4v) is 1.59. The van der Waals surface area contributed by atoms with Gasteiger partial charge < -0.3 is 10.6 Å². The monoisotopic (exact) mass is 278 g/mol. The van der Waals surface area contributed by atoms with Crippen LogP contribution in [0.1, 0.15) is 11.1 Å². The van der Waals surface area contributed by atoms with Crippen molar-refractivity contribution >= 4 is 5.91 Å². The number of amides is 1. The van der Waals surface area contributed by atoms with Crippen molar-refractivity contribution in [3.05, 3.63) is 35.4 Å². The number of carbonyl (C=O) groups excluding carboxylic acids is 1. The molecule has 0 aliphatic heterocycles. The Balaban J connectivity index is 2.85. The van der Waals surface area contributed by atoms with E-state index in [9.17, 15) is 22.4 Å². The van der Waals surface area contributed by atoms with Crippen LogP contribution in [0.3, 0.4) is 0 Å². The Labute approximate surface area is 108 Å². The van der Waals surface area contributed by atoms with E-state index in [4.69, 9.17) is 5.73 Å². The molecule has 0 spiro atoms. The van der Waals surface area contributed by atoms with Crippen molar-refractivity contribution in [3.63, 3.8) is 0 Å². The molecule has 1 rings (SSSR count). The van der Waals surface area contributed by atoms with E-state index < -0.39 is 18.3 Å². The van der Waals surface area contributed by atoms with E-state index in [0.717, 1.165) is 7.05 Å². The van der Waals surface area contributed by atoms with Crippen LogP contribution in [0, 0.1) is 0 Å². The average molecular weight is 278 g/mol. The molecule has 0 bridgehead atoms. The summed E-state index contributed by atoms with van der Waals surface area (Å²) in [6, 6.07) is 6.64. The Bertz CT molecular complexity index is 451. The van der Waals surface area contributed by atoms with Gasteiger partial charge in [-0.25, -0.2) is 8.78 Å². The first-order chi connectivity index (χ1) is 8.80. The SMILES string of the molecule is CN(Cc1ccccc1CN)C(=O)C(F)(F)C(F)F. The summed E-state index contributed by atoms with van der Waals surface area (Å²) in [6.07, 6.45) is -4.02. The van der Waals surface area contributed by atoms with E-state index in [1.165, 1.54) is 0 Å². The number of alkyl halides is 4. The lowest BCUT2D eigenvalue weighted by Crippen LogP contribution is -2.45. The zero-order valence-corrected chi connectivity index (χ0v) is 10.2. The van der Waals surface area contributed by atoms with Gasteiger partial charge in [-0.05, 0) is 11.1 Å². The molecular weight excluding hydrogens is 264 g/mol. The van der Waals surface area contributed by atoms with Crippen LogP contribution in [0.15, 0.2) is 24.3 Å². The molecule has 106 valence electrons. The third kappa shape index (κ3) is 3.44. The molecule has 0 heterocycles. The van der Waals surface area contributed by atoms with E-state index >= 15 is 0 Å². The number of hydrogen-bond acceptors (Lipinski definition) is 2. The molecule has 0 saturated heterocycles. The second kappa shape index (κ2) is 6.01. The highest BCUT2D eigenvalue weighted by Crippen LogP contribution is 2.25. The molecule has 1 aromatic rings. The topological polar surface area (TPSA) is 46.3 Å². The maximum atomic E-state index is 12.9. The molecule has 0 aliphatic carbocycles. The number of hydrogen-bond donors (Lipinski definition) is 1. The molecule has 7 heteroatoms. The summed E-state index contributed by atoms with van der Waals surface area (Å²) in [4.78, 5) is 11.8. The molecule has 0 unspecified atom stereocenters. The summed E-state index contributed by atoms with van der Waals surface area (Å²) in [7, 11) is 1.05. The van der Waals surface area contributed by atoms with E-state index in [1.54, 1.807) is 24.3 Å². The van der Waals surface area contributed by atoms with Crippen LogP contribution >= 0.6 is 0 Å². The summed E-state index contributed by atoms with van der Waals surface area (Å²) in [5.41, 5.74) is 6.68. The molecule has 19 heavy (non-hydrogen) atoms. The van der Waals surface area contributed by atoms with Gasteiger partial charge in [0, 0.05) is 20.1 Å². The van der Waals surface area contributed by atoms with Gasteiger partial charge in [0.2, 0.25) is 0 Å². The van der Waals surface area contributed by atoms with Crippen LogP contribution in [0.4, 0.5) is 17.6 Å². The van der Waals surface area contributed by atoms with Crippen LogP contribution in [0.25, 0.3) is 0 Å². The van der Waals surface area contributed by atoms with E-state index in [2.05, 4.69) is 0 Å². The largest absolute Gasteiger partial charge is 0.383 e. The third-order valence-electron chi connectivity index (χ3n) is 2.65. The number of rotatable bonds is 5. The highest BCUT2D eigenvalue weighted by molar-refractivity contribution is 5.83. The molecule has 0 aliphatic rings. The minimum absolute atomic E-state index is 0.170. The van der Waals surface area contributed by atoms with Gasteiger partial charge in [0.15, 0.2) is 0 Å². The first-order valence-electron chi connectivity index (χ1n) is 5.49. The van der Waals surface area contributed by atoms with Gasteiger partial charge in [-0.1, -0.05) is 24.3 Å². The van der Waals surface area contributed by atoms with Gasteiger partial charge in [0.1, 0.15) is 0 Å². The van der Waals surface area contributed by atoms with Crippen molar-refractivity contribution < 1.29 is 22.4 Å². The van der Waals surface area contributed by atoms with Crippen LogP contribution < -0.4 is 5.73 Å². The third-order valence-corrected chi connectivity index (χ3v) is 2.65. The van der Waals surface area contributed by atoms with Crippen LogP contribution in [-0.4, -0.2) is 30.2 Å². The van der Waals surface area contributed by atoms with Gasteiger partial charge in [0.05, 0.1) is 0 Å². The van der Waals surface area contributed by atoms with Crippen molar-refractivity contribution in [2.75, 3.05) is 7.05 Å². The molecule has 0 radical (unpaired) electrons. The average Bonchev–Trinajstić information content (AvgIpc) is 2.38. The minimum atomic E-state index is -4.67. The predicted molar refractivity (Wildman–Crippen MR) is 61.8 cm³/mol. The van der Waals surface area contributed by atoms with Crippen LogP contribution in [0.2, 0.25) is 0 Å².